The predicted octanol–water partition coefficient (Wildman–Crippen LogP) is 3.05. The molecule has 4 rings (SSSR count). The van der Waals surface area contributed by atoms with Crippen LogP contribution < -0.4 is 15.4 Å². The van der Waals surface area contributed by atoms with Gasteiger partial charge in [-0.15, -0.1) is 11.8 Å². The van der Waals surface area contributed by atoms with Gasteiger partial charge in [-0.25, -0.2) is 4.79 Å². The molecule has 1 aliphatic heterocycles. The smallest absolute Gasteiger partial charge is 0.338 e. The number of methoxy groups -OCH3 is 1. The molecule has 0 radical (unpaired) electrons. The number of hydrogen-bond acceptors (Lipinski definition) is 9. The van der Waals surface area contributed by atoms with Gasteiger partial charge in [-0.1, -0.05) is 17.3 Å². The highest BCUT2D eigenvalue weighted by atomic mass is 32.2. The summed E-state index contributed by atoms with van der Waals surface area (Å²) in [6.45, 7) is 1.56. The van der Waals surface area contributed by atoms with E-state index in [1.165, 1.54) is 18.9 Å². The third-order valence-electron chi connectivity index (χ3n) is 4.68. The zero-order valence-corrected chi connectivity index (χ0v) is 18.6. The highest BCUT2D eigenvalue weighted by Crippen LogP contribution is 2.36. The highest BCUT2D eigenvalue weighted by molar-refractivity contribution is 8.00. The molecule has 33 heavy (non-hydrogen) atoms. The summed E-state index contributed by atoms with van der Waals surface area (Å²) in [6.07, 6.45) is -0.129. The Morgan fingerprint density at radius 1 is 1.24 bits per heavy atom. The van der Waals surface area contributed by atoms with Crippen molar-refractivity contribution in [2.45, 2.75) is 30.1 Å². The summed E-state index contributed by atoms with van der Waals surface area (Å²) in [5.74, 6) is -0.348. The number of nitrogens with zero attached hydrogens (tertiary/aromatic N) is 2. The number of carbonyl (C=O) groups excluding carboxylic acids is 3. The van der Waals surface area contributed by atoms with Crippen molar-refractivity contribution in [2.75, 3.05) is 17.7 Å². The van der Waals surface area contributed by atoms with E-state index in [-0.39, 0.29) is 47.4 Å². The largest absolute Gasteiger partial charge is 0.495 e. The Bertz CT molecular complexity index is 1210. The van der Waals surface area contributed by atoms with Crippen LogP contribution in [-0.4, -0.2) is 40.3 Å². The number of ether oxygens (including phenoxy) is 2. The maximum Gasteiger partial charge on any atom is 0.338 e. The second-order valence-electron chi connectivity index (χ2n) is 7.07. The van der Waals surface area contributed by atoms with Gasteiger partial charge in [-0.2, -0.15) is 4.98 Å². The van der Waals surface area contributed by atoms with Gasteiger partial charge in [0, 0.05) is 4.90 Å². The molecule has 11 heteroatoms. The topological polar surface area (TPSA) is 133 Å². The van der Waals surface area contributed by atoms with Crippen molar-refractivity contribution in [3.05, 3.63) is 59.7 Å². The lowest BCUT2D eigenvalue weighted by Crippen LogP contribution is -2.26. The van der Waals surface area contributed by atoms with Crippen molar-refractivity contribution in [1.29, 1.82) is 0 Å². The van der Waals surface area contributed by atoms with Crippen molar-refractivity contribution < 1.29 is 28.4 Å². The molecular weight excluding hydrogens is 448 g/mol. The molecule has 2 N–H and O–H groups in total. The molecule has 0 fully saturated rings. The number of aromatic nitrogens is 2. The highest BCUT2D eigenvalue weighted by Gasteiger charge is 2.24. The molecule has 2 aromatic carbocycles. The Hall–Kier alpha value is -3.86. The lowest BCUT2D eigenvalue weighted by atomic mass is 10.2. The number of hydrogen-bond donors (Lipinski definition) is 2. The first-order valence-electron chi connectivity index (χ1n) is 9.96. The van der Waals surface area contributed by atoms with Gasteiger partial charge < -0.3 is 24.6 Å². The standard InChI is InChI=1S/C22H20N4O6S/c1-12-21(28)24-15-9-13(7-8-17(15)33-12)22(29)31-11-20-25-18(26-32-20)10-19(27)23-14-5-3-4-6-16(14)30-2/h3-9,12H,10-11H2,1-2H3,(H,23,27)(H,24,28). The fourth-order valence-electron chi connectivity index (χ4n) is 3.05. The first-order valence-corrected chi connectivity index (χ1v) is 10.8. The maximum absolute atomic E-state index is 12.4. The van der Waals surface area contributed by atoms with Crippen LogP contribution in [0.1, 0.15) is 29.0 Å². The van der Waals surface area contributed by atoms with Crippen LogP contribution in [0.5, 0.6) is 5.75 Å². The maximum atomic E-state index is 12.4. The summed E-state index contributed by atoms with van der Waals surface area (Å²) in [5.41, 5.74) is 1.37. The molecule has 0 saturated heterocycles. The molecule has 1 unspecified atom stereocenters. The molecule has 0 bridgehead atoms. The summed E-state index contributed by atoms with van der Waals surface area (Å²) >= 11 is 1.42. The van der Waals surface area contributed by atoms with Gasteiger partial charge in [0.1, 0.15) is 5.75 Å². The van der Waals surface area contributed by atoms with Crippen molar-refractivity contribution in [3.8, 4) is 5.75 Å². The van der Waals surface area contributed by atoms with Crippen LogP contribution >= 0.6 is 11.8 Å². The zero-order valence-electron chi connectivity index (χ0n) is 17.8. The van der Waals surface area contributed by atoms with E-state index in [2.05, 4.69) is 20.8 Å². The molecular formula is C22H20N4O6S. The van der Waals surface area contributed by atoms with Crippen molar-refractivity contribution >= 4 is 40.9 Å². The average Bonchev–Trinajstić information content (AvgIpc) is 3.25. The Kier molecular flexibility index (Phi) is 6.59. The molecule has 1 atom stereocenters. The molecule has 170 valence electrons. The van der Waals surface area contributed by atoms with Crippen LogP contribution in [-0.2, 0) is 27.4 Å². The van der Waals surface area contributed by atoms with Crippen LogP contribution in [0.3, 0.4) is 0 Å². The number of nitrogens with one attached hydrogen (secondary N) is 2. The third kappa shape index (κ3) is 5.32. The number of esters is 1. The predicted molar refractivity (Wildman–Crippen MR) is 119 cm³/mol. The van der Waals surface area contributed by atoms with Crippen LogP contribution in [0.25, 0.3) is 0 Å². The summed E-state index contributed by atoms with van der Waals surface area (Å²) in [4.78, 5) is 41.5. The minimum atomic E-state index is -0.607. The number of para-hydroxylation sites is 2. The monoisotopic (exact) mass is 468 g/mol. The zero-order chi connectivity index (χ0) is 23.4. The second kappa shape index (κ2) is 9.74. The first-order chi connectivity index (χ1) is 15.9. The minimum Gasteiger partial charge on any atom is -0.495 e. The van der Waals surface area contributed by atoms with Gasteiger partial charge in [0.25, 0.3) is 5.89 Å². The van der Waals surface area contributed by atoms with Gasteiger partial charge >= 0.3 is 5.97 Å². The van der Waals surface area contributed by atoms with E-state index < -0.39 is 5.97 Å². The Labute approximate surface area is 193 Å². The molecule has 2 amide bonds. The molecule has 1 aromatic heterocycles. The van der Waals surface area contributed by atoms with E-state index in [9.17, 15) is 14.4 Å². The SMILES string of the molecule is COc1ccccc1NC(=O)Cc1noc(COC(=O)c2ccc3c(c2)NC(=O)C(C)S3)n1. The molecule has 3 aromatic rings. The minimum absolute atomic E-state index is 0.0547. The number of fused-ring (bicyclic) bond motifs is 1. The number of amides is 2. The fraction of sp³-hybridized carbons (Fsp3) is 0.227. The van der Waals surface area contributed by atoms with Crippen LogP contribution in [0.2, 0.25) is 0 Å². The lowest BCUT2D eigenvalue weighted by molar-refractivity contribution is -0.116. The summed E-state index contributed by atoms with van der Waals surface area (Å²) in [7, 11) is 1.51. The Morgan fingerprint density at radius 2 is 2.06 bits per heavy atom. The normalized spacial score (nSPS) is 14.7. The average molecular weight is 468 g/mol. The van der Waals surface area contributed by atoms with E-state index in [1.807, 2.05) is 6.92 Å². The number of benzene rings is 2. The number of carbonyl (C=O) groups is 3. The van der Waals surface area contributed by atoms with Crippen LogP contribution in [0.4, 0.5) is 11.4 Å². The molecule has 1 aliphatic rings. The summed E-state index contributed by atoms with van der Waals surface area (Å²) in [6, 6.07) is 12.0. The Balaban J connectivity index is 1.32. The van der Waals surface area contributed by atoms with Gasteiger partial charge in [0.05, 0.1) is 35.7 Å². The second-order valence-corrected chi connectivity index (χ2v) is 8.45. The van der Waals surface area contributed by atoms with Crippen molar-refractivity contribution in [1.82, 2.24) is 10.1 Å². The Morgan fingerprint density at radius 3 is 2.88 bits per heavy atom. The van der Waals surface area contributed by atoms with Gasteiger partial charge in [0.15, 0.2) is 12.4 Å². The fourth-order valence-corrected chi connectivity index (χ4v) is 3.98. The quantitative estimate of drug-likeness (QED) is 0.502. The molecule has 0 saturated carbocycles. The summed E-state index contributed by atoms with van der Waals surface area (Å²) in [5, 5.41) is 9.04. The first kappa shape index (κ1) is 22.3. The molecule has 0 spiro atoms. The van der Waals surface area contributed by atoms with Gasteiger partial charge in [0.2, 0.25) is 11.8 Å². The van der Waals surface area contributed by atoms with E-state index in [0.29, 0.717) is 17.1 Å². The molecule has 0 aliphatic carbocycles. The van der Waals surface area contributed by atoms with E-state index in [0.717, 1.165) is 4.90 Å². The lowest BCUT2D eigenvalue weighted by Gasteiger charge is -2.21. The van der Waals surface area contributed by atoms with Gasteiger partial charge in [-0.05, 0) is 37.3 Å². The van der Waals surface area contributed by atoms with E-state index in [4.69, 9.17) is 14.0 Å². The van der Waals surface area contributed by atoms with Gasteiger partial charge in [-0.3, -0.25) is 9.59 Å². The number of anilines is 2. The molecule has 10 nitrogen and oxygen atoms in total. The molecule has 2 heterocycles. The van der Waals surface area contributed by atoms with Crippen LogP contribution in [0, 0.1) is 0 Å². The number of rotatable bonds is 7. The van der Waals surface area contributed by atoms with Crippen molar-refractivity contribution in [3.63, 3.8) is 0 Å². The van der Waals surface area contributed by atoms with Crippen molar-refractivity contribution in [2.24, 2.45) is 0 Å². The summed E-state index contributed by atoms with van der Waals surface area (Å²) < 4.78 is 15.5. The third-order valence-corrected chi connectivity index (χ3v) is 5.86. The van der Waals surface area contributed by atoms with E-state index >= 15 is 0 Å². The van der Waals surface area contributed by atoms with Crippen LogP contribution in [0.15, 0.2) is 51.9 Å². The number of thioether (sulfide) groups is 1. The van der Waals surface area contributed by atoms with E-state index in [1.54, 1.807) is 42.5 Å².